The van der Waals surface area contributed by atoms with Crippen molar-refractivity contribution in [2.24, 2.45) is 0 Å². The molecular formula is C18H15ClF2N2O6. The zero-order valence-corrected chi connectivity index (χ0v) is 15.4. The molecule has 11 heteroatoms. The van der Waals surface area contributed by atoms with Crippen LogP contribution in [-0.4, -0.2) is 37.6 Å². The van der Waals surface area contributed by atoms with Gasteiger partial charge in [0.25, 0.3) is 11.8 Å². The van der Waals surface area contributed by atoms with Gasteiger partial charge in [0, 0.05) is 5.02 Å². The van der Waals surface area contributed by atoms with E-state index >= 15 is 0 Å². The summed E-state index contributed by atoms with van der Waals surface area (Å²) in [6, 6.07) is 11.4. The molecule has 2 rings (SSSR count). The summed E-state index contributed by atoms with van der Waals surface area (Å²) in [5.41, 5.74) is 3.80. The number of carbonyl (C=O) groups excluding carboxylic acids is 3. The van der Waals surface area contributed by atoms with Gasteiger partial charge in [0.15, 0.2) is 13.2 Å². The van der Waals surface area contributed by atoms with E-state index in [9.17, 15) is 23.2 Å². The standard InChI is InChI=1S/C18H15ClF2N2O6/c19-11-5-7-12(8-6-11)27-9-15(24)22-23-16(25)10-28-17(26)13-3-1-2-4-14(13)29-18(20)21/h1-8,18H,9-10H2,(H,22,24)(H,23,25). The highest BCUT2D eigenvalue weighted by molar-refractivity contribution is 6.30. The maximum Gasteiger partial charge on any atom is 0.387 e. The van der Waals surface area contributed by atoms with Crippen molar-refractivity contribution in [3.05, 3.63) is 59.1 Å². The molecule has 29 heavy (non-hydrogen) atoms. The number of amides is 2. The molecule has 2 aromatic rings. The second kappa shape index (κ2) is 10.8. The van der Waals surface area contributed by atoms with E-state index in [0.717, 1.165) is 6.07 Å². The first-order chi connectivity index (χ1) is 13.8. The third kappa shape index (κ3) is 7.62. The number of hydrogen-bond donors (Lipinski definition) is 2. The third-order valence-corrected chi connectivity index (χ3v) is 3.43. The van der Waals surface area contributed by atoms with Gasteiger partial charge in [-0.25, -0.2) is 4.79 Å². The van der Waals surface area contributed by atoms with Crippen LogP contribution in [0.4, 0.5) is 8.78 Å². The zero-order valence-electron chi connectivity index (χ0n) is 14.7. The highest BCUT2D eigenvalue weighted by atomic mass is 35.5. The van der Waals surface area contributed by atoms with Crippen molar-refractivity contribution in [1.82, 2.24) is 10.9 Å². The van der Waals surface area contributed by atoms with Gasteiger partial charge in [0.2, 0.25) is 0 Å². The molecule has 0 saturated heterocycles. The van der Waals surface area contributed by atoms with Gasteiger partial charge in [-0.15, -0.1) is 0 Å². The van der Waals surface area contributed by atoms with E-state index in [1.807, 2.05) is 5.43 Å². The van der Waals surface area contributed by atoms with Crippen LogP contribution in [0.15, 0.2) is 48.5 Å². The molecule has 0 unspecified atom stereocenters. The Morgan fingerprint density at radius 3 is 2.21 bits per heavy atom. The third-order valence-electron chi connectivity index (χ3n) is 3.18. The van der Waals surface area contributed by atoms with Crippen molar-refractivity contribution in [2.75, 3.05) is 13.2 Å². The molecule has 154 valence electrons. The molecule has 0 atom stereocenters. The van der Waals surface area contributed by atoms with Crippen LogP contribution < -0.4 is 20.3 Å². The van der Waals surface area contributed by atoms with Gasteiger partial charge in [0.1, 0.15) is 17.1 Å². The predicted molar refractivity (Wildman–Crippen MR) is 96.6 cm³/mol. The van der Waals surface area contributed by atoms with E-state index in [1.165, 1.54) is 18.2 Å². The van der Waals surface area contributed by atoms with Crippen molar-refractivity contribution in [3.8, 4) is 11.5 Å². The summed E-state index contributed by atoms with van der Waals surface area (Å²) < 4.78 is 38.8. The van der Waals surface area contributed by atoms with Crippen LogP contribution in [0.2, 0.25) is 5.02 Å². The van der Waals surface area contributed by atoms with E-state index in [1.54, 1.807) is 24.3 Å². The zero-order chi connectivity index (χ0) is 21.2. The molecule has 2 N–H and O–H groups in total. The van der Waals surface area contributed by atoms with Gasteiger partial charge in [-0.3, -0.25) is 20.4 Å². The number of esters is 1. The molecule has 0 bridgehead atoms. The Kier molecular flexibility index (Phi) is 8.16. The van der Waals surface area contributed by atoms with E-state index in [2.05, 4.69) is 10.2 Å². The molecule has 0 heterocycles. The maximum absolute atomic E-state index is 12.3. The summed E-state index contributed by atoms with van der Waals surface area (Å²) in [5, 5.41) is 0.506. The summed E-state index contributed by atoms with van der Waals surface area (Å²) >= 11 is 5.72. The van der Waals surface area contributed by atoms with Crippen LogP contribution in [0.1, 0.15) is 10.4 Å². The van der Waals surface area contributed by atoms with E-state index in [0.29, 0.717) is 10.8 Å². The fraction of sp³-hybridized carbons (Fsp3) is 0.167. The van der Waals surface area contributed by atoms with Crippen molar-refractivity contribution < 1.29 is 37.4 Å². The number of para-hydroxylation sites is 1. The summed E-state index contributed by atoms with van der Waals surface area (Å²) in [6.07, 6.45) is 0. The smallest absolute Gasteiger partial charge is 0.387 e. The lowest BCUT2D eigenvalue weighted by Gasteiger charge is -2.11. The summed E-state index contributed by atoms with van der Waals surface area (Å²) in [6.45, 7) is -4.28. The van der Waals surface area contributed by atoms with E-state index < -0.39 is 31.0 Å². The lowest BCUT2D eigenvalue weighted by atomic mass is 10.2. The Bertz CT molecular complexity index is 864. The van der Waals surface area contributed by atoms with E-state index in [4.69, 9.17) is 21.1 Å². The summed E-state index contributed by atoms with van der Waals surface area (Å²) in [7, 11) is 0. The molecule has 2 aromatic carbocycles. The highest BCUT2D eigenvalue weighted by Gasteiger charge is 2.17. The first kappa shape index (κ1) is 21.9. The minimum Gasteiger partial charge on any atom is -0.484 e. The van der Waals surface area contributed by atoms with Crippen LogP contribution in [0, 0.1) is 0 Å². The number of hydrogen-bond acceptors (Lipinski definition) is 6. The van der Waals surface area contributed by atoms with E-state index in [-0.39, 0.29) is 17.9 Å². The minimum atomic E-state index is -3.13. The molecule has 0 saturated carbocycles. The monoisotopic (exact) mass is 428 g/mol. The van der Waals surface area contributed by atoms with Gasteiger partial charge in [-0.1, -0.05) is 23.7 Å². The number of benzene rings is 2. The van der Waals surface area contributed by atoms with Crippen LogP contribution in [0.3, 0.4) is 0 Å². The molecule has 0 aliphatic heterocycles. The molecule has 0 spiro atoms. The molecule has 0 fully saturated rings. The largest absolute Gasteiger partial charge is 0.484 e. The molecule has 0 aliphatic rings. The van der Waals surface area contributed by atoms with Crippen molar-refractivity contribution in [1.29, 1.82) is 0 Å². The number of rotatable bonds is 8. The number of ether oxygens (including phenoxy) is 3. The average Bonchev–Trinajstić information content (AvgIpc) is 2.70. The summed E-state index contributed by atoms with van der Waals surface area (Å²) in [4.78, 5) is 35.2. The van der Waals surface area contributed by atoms with Gasteiger partial charge in [0.05, 0.1) is 0 Å². The Labute approximate surface area is 168 Å². The first-order valence-corrected chi connectivity index (χ1v) is 8.40. The fourth-order valence-electron chi connectivity index (χ4n) is 1.93. The second-order valence-electron chi connectivity index (χ2n) is 5.29. The quantitative estimate of drug-likeness (QED) is 0.494. The lowest BCUT2D eigenvalue weighted by molar-refractivity contribution is -0.131. The average molecular weight is 429 g/mol. The maximum atomic E-state index is 12.3. The molecule has 0 aromatic heterocycles. The summed E-state index contributed by atoms with van der Waals surface area (Å²) in [5.74, 6) is -2.57. The number of nitrogens with one attached hydrogen (secondary N) is 2. The minimum absolute atomic E-state index is 0.277. The van der Waals surface area contributed by atoms with Crippen LogP contribution >= 0.6 is 11.6 Å². The molecule has 0 radical (unpaired) electrons. The Hall–Kier alpha value is -3.40. The topological polar surface area (TPSA) is 103 Å². The lowest BCUT2D eigenvalue weighted by Crippen LogP contribution is -2.45. The Balaban J connectivity index is 1.73. The number of hydrazine groups is 1. The number of carbonyl (C=O) groups is 3. The predicted octanol–water partition coefficient (Wildman–Crippen LogP) is 2.32. The van der Waals surface area contributed by atoms with Crippen molar-refractivity contribution in [3.63, 3.8) is 0 Å². The van der Waals surface area contributed by atoms with Crippen LogP contribution in [-0.2, 0) is 14.3 Å². The van der Waals surface area contributed by atoms with Crippen molar-refractivity contribution >= 4 is 29.4 Å². The molecule has 8 nitrogen and oxygen atoms in total. The Morgan fingerprint density at radius 2 is 1.55 bits per heavy atom. The SMILES string of the molecule is O=C(COC(=O)c1ccccc1OC(F)F)NNC(=O)COc1ccc(Cl)cc1. The van der Waals surface area contributed by atoms with Crippen LogP contribution in [0.5, 0.6) is 11.5 Å². The van der Waals surface area contributed by atoms with Gasteiger partial charge in [-0.2, -0.15) is 8.78 Å². The molecule has 2 amide bonds. The normalized spacial score (nSPS) is 10.2. The van der Waals surface area contributed by atoms with Gasteiger partial charge < -0.3 is 14.2 Å². The second-order valence-corrected chi connectivity index (χ2v) is 5.73. The van der Waals surface area contributed by atoms with Gasteiger partial charge in [-0.05, 0) is 36.4 Å². The fourth-order valence-corrected chi connectivity index (χ4v) is 2.06. The Morgan fingerprint density at radius 1 is 0.931 bits per heavy atom. The van der Waals surface area contributed by atoms with Gasteiger partial charge >= 0.3 is 12.6 Å². The molecule has 0 aliphatic carbocycles. The van der Waals surface area contributed by atoms with Crippen LogP contribution in [0.25, 0.3) is 0 Å². The number of alkyl halides is 2. The number of halogens is 3. The van der Waals surface area contributed by atoms with Crippen molar-refractivity contribution in [2.45, 2.75) is 6.61 Å². The first-order valence-electron chi connectivity index (χ1n) is 8.02. The highest BCUT2D eigenvalue weighted by Crippen LogP contribution is 2.21. The molecular weight excluding hydrogens is 414 g/mol.